The predicted molar refractivity (Wildman–Crippen MR) is 204 cm³/mol. The number of phenols is 1. The Labute approximate surface area is 294 Å². The standard InChI is InChI=1S/C40H60N2O5S/c1-7-10-11-12-13-14-15-16-17-18-19-20-21-22-23-24-25-26-29-48-40(8-2,9-3)39(46)42-35(30-32(4)5)37(44)41-33-27-28-36(43)34(31-33)38(45)47-6/h10-11,13-14,16-17,19-20,22-23,27-28,31-32,35,43H,7-9,12,15,18,21,24-26,29-30H2,1-6H3,(H,41,44)(H,42,46). The Morgan fingerprint density at radius 2 is 1.42 bits per heavy atom. The molecule has 0 radical (unpaired) electrons. The number of rotatable bonds is 24. The summed E-state index contributed by atoms with van der Waals surface area (Å²) in [5.41, 5.74) is 0.286. The number of carbonyl (C=O) groups is 3. The van der Waals surface area contributed by atoms with Crippen LogP contribution in [0.3, 0.4) is 0 Å². The number of nitrogens with one attached hydrogen (secondary N) is 2. The molecule has 1 aromatic rings. The van der Waals surface area contributed by atoms with Gasteiger partial charge in [-0.1, -0.05) is 95.4 Å². The molecule has 0 aliphatic rings. The number of anilines is 1. The van der Waals surface area contributed by atoms with Gasteiger partial charge in [-0.15, -0.1) is 11.8 Å². The molecule has 1 unspecified atom stereocenters. The summed E-state index contributed by atoms with van der Waals surface area (Å²) in [6, 6.07) is 3.45. The summed E-state index contributed by atoms with van der Waals surface area (Å²) in [7, 11) is 1.22. The van der Waals surface area contributed by atoms with E-state index in [0.717, 1.165) is 57.1 Å². The molecule has 48 heavy (non-hydrogen) atoms. The van der Waals surface area contributed by atoms with E-state index >= 15 is 0 Å². The highest BCUT2D eigenvalue weighted by atomic mass is 32.2. The van der Waals surface area contributed by atoms with E-state index < -0.39 is 16.8 Å². The average Bonchev–Trinajstić information content (AvgIpc) is 3.07. The number of phenolic OH excluding ortho intramolecular Hbond substituents is 1. The van der Waals surface area contributed by atoms with E-state index in [0.29, 0.717) is 24.9 Å². The first-order chi connectivity index (χ1) is 23.1. The number of aromatic hydroxyl groups is 1. The van der Waals surface area contributed by atoms with Crippen molar-refractivity contribution in [1.29, 1.82) is 0 Å². The number of methoxy groups -OCH3 is 1. The van der Waals surface area contributed by atoms with E-state index in [-0.39, 0.29) is 29.0 Å². The summed E-state index contributed by atoms with van der Waals surface area (Å²) < 4.78 is 4.09. The minimum Gasteiger partial charge on any atom is -0.507 e. The van der Waals surface area contributed by atoms with Gasteiger partial charge in [-0.3, -0.25) is 9.59 Å². The summed E-state index contributed by atoms with van der Waals surface area (Å²) in [4.78, 5) is 39.0. The van der Waals surface area contributed by atoms with Gasteiger partial charge in [0.25, 0.3) is 0 Å². The SMILES string of the molecule is CCC=CCC=CCC=CCC=CCC=CCCCCSC(CC)(CC)C(=O)NC(CC(C)C)C(=O)Nc1ccc(O)c(C(=O)OC)c1. The quantitative estimate of drug-likeness (QED) is 0.0435. The van der Waals surface area contributed by atoms with Crippen LogP contribution >= 0.6 is 11.8 Å². The van der Waals surface area contributed by atoms with E-state index in [1.54, 1.807) is 11.8 Å². The van der Waals surface area contributed by atoms with Gasteiger partial charge in [-0.25, -0.2) is 4.79 Å². The van der Waals surface area contributed by atoms with E-state index in [9.17, 15) is 19.5 Å². The highest BCUT2D eigenvalue weighted by molar-refractivity contribution is 8.01. The van der Waals surface area contributed by atoms with Crippen LogP contribution in [0.5, 0.6) is 5.75 Å². The molecular formula is C40H60N2O5S. The zero-order valence-electron chi connectivity index (χ0n) is 30.1. The van der Waals surface area contributed by atoms with Gasteiger partial charge in [-0.05, 0) is 100 Å². The molecule has 1 atom stereocenters. The molecule has 266 valence electrons. The molecule has 0 saturated heterocycles. The fourth-order valence-electron chi connectivity index (χ4n) is 4.95. The Bertz CT molecular complexity index is 1240. The maximum absolute atomic E-state index is 13.7. The van der Waals surface area contributed by atoms with Crippen molar-refractivity contribution in [3.05, 3.63) is 84.5 Å². The van der Waals surface area contributed by atoms with E-state index in [1.165, 1.54) is 25.3 Å². The van der Waals surface area contributed by atoms with Gasteiger partial charge < -0.3 is 20.5 Å². The van der Waals surface area contributed by atoms with Crippen LogP contribution in [0, 0.1) is 5.92 Å². The lowest BCUT2D eigenvalue weighted by atomic mass is 9.98. The fraction of sp³-hybridized carbons (Fsp3) is 0.525. The van der Waals surface area contributed by atoms with Crippen LogP contribution in [0.25, 0.3) is 0 Å². The molecule has 1 rings (SSSR count). The van der Waals surface area contributed by atoms with Gasteiger partial charge >= 0.3 is 5.97 Å². The number of benzene rings is 1. The maximum Gasteiger partial charge on any atom is 0.341 e. The number of hydrogen-bond donors (Lipinski definition) is 3. The number of ether oxygens (including phenoxy) is 1. The zero-order valence-corrected chi connectivity index (χ0v) is 31.0. The van der Waals surface area contributed by atoms with Crippen molar-refractivity contribution in [3.8, 4) is 5.75 Å². The Morgan fingerprint density at radius 1 is 0.854 bits per heavy atom. The van der Waals surface area contributed by atoms with Crippen molar-refractivity contribution in [2.75, 3.05) is 18.2 Å². The lowest BCUT2D eigenvalue weighted by Gasteiger charge is -2.32. The highest BCUT2D eigenvalue weighted by Crippen LogP contribution is 2.34. The molecule has 7 nitrogen and oxygen atoms in total. The highest BCUT2D eigenvalue weighted by Gasteiger charge is 2.37. The second-order valence-corrected chi connectivity index (χ2v) is 13.6. The molecule has 0 saturated carbocycles. The van der Waals surface area contributed by atoms with Crippen LogP contribution in [0.2, 0.25) is 0 Å². The van der Waals surface area contributed by atoms with Gasteiger partial charge in [0.2, 0.25) is 11.8 Å². The van der Waals surface area contributed by atoms with Gasteiger partial charge in [0, 0.05) is 5.69 Å². The van der Waals surface area contributed by atoms with Gasteiger partial charge in [-0.2, -0.15) is 0 Å². The van der Waals surface area contributed by atoms with Crippen molar-refractivity contribution in [2.24, 2.45) is 5.92 Å². The Kier molecular flexibility index (Phi) is 22.6. The third kappa shape index (κ3) is 17.0. The molecule has 2 amide bonds. The first kappa shape index (κ1) is 42.5. The van der Waals surface area contributed by atoms with Crippen LogP contribution in [-0.2, 0) is 14.3 Å². The monoisotopic (exact) mass is 680 g/mol. The summed E-state index contributed by atoms with van der Waals surface area (Å²) in [6.45, 7) is 10.2. The minimum absolute atomic E-state index is 0.0477. The third-order valence-electron chi connectivity index (χ3n) is 7.86. The van der Waals surface area contributed by atoms with Crippen molar-refractivity contribution in [2.45, 2.75) is 116 Å². The molecule has 8 heteroatoms. The fourth-order valence-corrected chi connectivity index (χ4v) is 6.29. The lowest BCUT2D eigenvalue weighted by molar-refractivity contribution is -0.128. The molecule has 0 fully saturated rings. The van der Waals surface area contributed by atoms with Crippen LogP contribution in [0.4, 0.5) is 5.69 Å². The zero-order chi connectivity index (χ0) is 35.6. The molecule has 0 aliphatic heterocycles. The smallest absolute Gasteiger partial charge is 0.341 e. The maximum atomic E-state index is 13.7. The van der Waals surface area contributed by atoms with Crippen LogP contribution in [-0.4, -0.2) is 46.5 Å². The number of allylic oxidation sites excluding steroid dienone is 10. The summed E-state index contributed by atoms with van der Waals surface area (Å²) in [5.74, 6) is -0.421. The first-order valence-electron chi connectivity index (χ1n) is 17.6. The largest absolute Gasteiger partial charge is 0.507 e. The molecule has 0 aromatic heterocycles. The number of thioether (sulfide) groups is 1. The van der Waals surface area contributed by atoms with Crippen LogP contribution in [0.15, 0.2) is 79.0 Å². The summed E-state index contributed by atoms with van der Waals surface area (Å²) in [5, 5.41) is 15.8. The Hall–Kier alpha value is -3.52. The average molecular weight is 681 g/mol. The Balaban J connectivity index is 2.55. The number of amides is 2. The number of esters is 1. The molecular weight excluding hydrogens is 621 g/mol. The first-order valence-corrected chi connectivity index (χ1v) is 18.5. The van der Waals surface area contributed by atoms with Gasteiger partial charge in [0.05, 0.1) is 11.9 Å². The second kappa shape index (κ2) is 25.5. The minimum atomic E-state index is -0.749. The topological polar surface area (TPSA) is 105 Å². The van der Waals surface area contributed by atoms with E-state index in [1.807, 2.05) is 27.7 Å². The molecule has 0 heterocycles. The second-order valence-electron chi connectivity index (χ2n) is 12.1. The normalized spacial score (nSPS) is 13.1. The molecule has 3 N–H and O–H groups in total. The number of unbranched alkanes of at least 4 members (excludes halogenated alkanes) is 2. The molecule has 1 aromatic carbocycles. The predicted octanol–water partition coefficient (Wildman–Crippen LogP) is 9.86. The molecule has 0 aliphatic carbocycles. The molecule has 0 bridgehead atoms. The summed E-state index contributed by atoms with van der Waals surface area (Å²) in [6.07, 6.45) is 31.9. The van der Waals surface area contributed by atoms with E-state index in [4.69, 9.17) is 4.74 Å². The third-order valence-corrected chi connectivity index (χ3v) is 9.66. The van der Waals surface area contributed by atoms with Crippen molar-refractivity contribution >= 4 is 35.2 Å². The van der Waals surface area contributed by atoms with Crippen LogP contribution in [0.1, 0.15) is 116 Å². The Morgan fingerprint density at radius 3 is 1.94 bits per heavy atom. The molecule has 0 spiro atoms. The van der Waals surface area contributed by atoms with Gasteiger partial charge in [0.1, 0.15) is 17.4 Å². The summed E-state index contributed by atoms with van der Waals surface area (Å²) >= 11 is 1.68. The van der Waals surface area contributed by atoms with Gasteiger partial charge in [0.15, 0.2) is 0 Å². The lowest BCUT2D eigenvalue weighted by Crippen LogP contribution is -2.52. The number of carbonyl (C=O) groups excluding carboxylic acids is 3. The van der Waals surface area contributed by atoms with Crippen molar-refractivity contribution in [1.82, 2.24) is 5.32 Å². The van der Waals surface area contributed by atoms with Crippen molar-refractivity contribution in [3.63, 3.8) is 0 Å². The number of hydrogen-bond acceptors (Lipinski definition) is 6. The van der Waals surface area contributed by atoms with E-state index in [2.05, 4.69) is 78.3 Å². The van der Waals surface area contributed by atoms with Crippen LogP contribution < -0.4 is 10.6 Å². The van der Waals surface area contributed by atoms with Crippen molar-refractivity contribution < 1.29 is 24.2 Å².